The number of nitrogens with zero attached hydrogens (tertiary/aromatic N) is 1. The van der Waals surface area contributed by atoms with Crippen LogP contribution in [0.4, 0.5) is 5.82 Å². The van der Waals surface area contributed by atoms with E-state index in [4.69, 9.17) is 0 Å². The molecular weight excluding hydrogens is 200 g/mol. The van der Waals surface area contributed by atoms with E-state index in [0.717, 1.165) is 29.9 Å². The van der Waals surface area contributed by atoms with Gasteiger partial charge in [-0.05, 0) is 31.5 Å². The Morgan fingerprint density at radius 3 is 3.25 bits per heavy atom. The molecule has 3 heterocycles. The Morgan fingerprint density at radius 2 is 2.44 bits per heavy atom. The second kappa shape index (κ2) is 4.14. The Labute approximate surface area is 94.5 Å². The molecule has 3 rings (SSSR count). The van der Waals surface area contributed by atoms with Gasteiger partial charge in [-0.2, -0.15) is 0 Å². The Hall–Kier alpha value is -1.55. The second-order valence-electron chi connectivity index (χ2n) is 4.31. The highest BCUT2D eigenvalue weighted by molar-refractivity contribution is 5.79. The summed E-state index contributed by atoms with van der Waals surface area (Å²) in [4.78, 5) is 7.65. The monoisotopic (exact) mass is 216 g/mol. The third kappa shape index (κ3) is 1.88. The standard InChI is InChI=1S/C12H16N4/c1-3-9(8-13-5-1)15-12-7-11-10(16-12)4-2-6-14-11/h2,4,6-7,9,13,15-16H,1,3,5,8H2. The summed E-state index contributed by atoms with van der Waals surface area (Å²) in [5, 5.41) is 6.91. The zero-order chi connectivity index (χ0) is 10.8. The summed E-state index contributed by atoms with van der Waals surface area (Å²) < 4.78 is 0. The minimum Gasteiger partial charge on any atom is -0.368 e. The fraction of sp³-hybridized carbons (Fsp3) is 0.417. The van der Waals surface area contributed by atoms with Gasteiger partial charge in [-0.25, -0.2) is 0 Å². The Bertz CT molecular complexity index is 438. The summed E-state index contributed by atoms with van der Waals surface area (Å²) in [6.07, 6.45) is 4.30. The predicted molar refractivity (Wildman–Crippen MR) is 65.6 cm³/mol. The number of aromatic amines is 1. The van der Waals surface area contributed by atoms with Crippen molar-refractivity contribution in [3.8, 4) is 0 Å². The summed E-state index contributed by atoms with van der Waals surface area (Å²) in [7, 11) is 0. The van der Waals surface area contributed by atoms with E-state index in [1.165, 1.54) is 12.8 Å². The third-order valence-electron chi connectivity index (χ3n) is 3.05. The van der Waals surface area contributed by atoms with Gasteiger partial charge in [-0.3, -0.25) is 4.98 Å². The van der Waals surface area contributed by atoms with Crippen LogP contribution in [0.2, 0.25) is 0 Å². The van der Waals surface area contributed by atoms with Gasteiger partial charge in [0.15, 0.2) is 0 Å². The first-order valence-corrected chi connectivity index (χ1v) is 5.83. The zero-order valence-corrected chi connectivity index (χ0v) is 9.16. The average Bonchev–Trinajstić information content (AvgIpc) is 2.72. The largest absolute Gasteiger partial charge is 0.368 e. The minimum atomic E-state index is 0.529. The lowest BCUT2D eigenvalue weighted by Gasteiger charge is -2.23. The molecule has 84 valence electrons. The fourth-order valence-corrected chi connectivity index (χ4v) is 2.23. The number of hydrogen-bond acceptors (Lipinski definition) is 3. The quantitative estimate of drug-likeness (QED) is 0.716. The van der Waals surface area contributed by atoms with Gasteiger partial charge in [0.05, 0.1) is 11.0 Å². The molecule has 0 bridgehead atoms. The average molecular weight is 216 g/mol. The topological polar surface area (TPSA) is 52.7 Å². The van der Waals surface area contributed by atoms with E-state index in [1.54, 1.807) is 0 Å². The molecule has 1 aliphatic rings. The van der Waals surface area contributed by atoms with Gasteiger partial charge in [0, 0.05) is 24.8 Å². The Balaban J connectivity index is 1.78. The lowest BCUT2D eigenvalue weighted by Crippen LogP contribution is -2.38. The van der Waals surface area contributed by atoms with E-state index >= 15 is 0 Å². The lowest BCUT2D eigenvalue weighted by atomic mass is 10.1. The number of hydrogen-bond donors (Lipinski definition) is 3. The maximum atomic E-state index is 4.31. The van der Waals surface area contributed by atoms with Crippen LogP contribution in [0.15, 0.2) is 24.4 Å². The number of fused-ring (bicyclic) bond motifs is 1. The molecule has 2 aromatic rings. The predicted octanol–water partition coefficient (Wildman–Crippen LogP) is 1.73. The van der Waals surface area contributed by atoms with Crippen molar-refractivity contribution in [2.24, 2.45) is 0 Å². The molecule has 4 nitrogen and oxygen atoms in total. The molecule has 4 heteroatoms. The second-order valence-corrected chi connectivity index (χ2v) is 4.31. The molecule has 0 radical (unpaired) electrons. The van der Waals surface area contributed by atoms with E-state index in [1.807, 2.05) is 18.3 Å². The first-order chi connectivity index (χ1) is 7.92. The molecule has 0 amide bonds. The van der Waals surface area contributed by atoms with E-state index in [2.05, 4.69) is 26.7 Å². The lowest BCUT2D eigenvalue weighted by molar-refractivity contribution is 0.479. The summed E-state index contributed by atoms with van der Waals surface area (Å²) in [5.74, 6) is 1.07. The smallest absolute Gasteiger partial charge is 0.106 e. The van der Waals surface area contributed by atoms with Crippen molar-refractivity contribution < 1.29 is 0 Å². The summed E-state index contributed by atoms with van der Waals surface area (Å²) in [5.41, 5.74) is 2.11. The first-order valence-electron chi connectivity index (χ1n) is 5.83. The fourth-order valence-electron chi connectivity index (χ4n) is 2.23. The molecule has 0 spiro atoms. The van der Waals surface area contributed by atoms with E-state index in [9.17, 15) is 0 Å². The van der Waals surface area contributed by atoms with Gasteiger partial charge >= 0.3 is 0 Å². The van der Waals surface area contributed by atoms with Gasteiger partial charge < -0.3 is 15.6 Å². The molecule has 0 aromatic carbocycles. The Morgan fingerprint density at radius 1 is 1.44 bits per heavy atom. The van der Waals surface area contributed by atoms with Crippen molar-refractivity contribution in [3.05, 3.63) is 24.4 Å². The van der Waals surface area contributed by atoms with E-state index < -0.39 is 0 Å². The number of anilines is 1. The number of rotatable bonds is 2. The molecule has 1 atom stereocenters. The van der Waals surface area contributed by atoms with Crippen LogP contribution >= 0.6 is 0 Å². The van der Waals surface area contributed by atoms with Crippen molar-refractivity contribution >= 4 is 16.9 Å². The summed E-state index contributed by atoms with van der Waals surface area (Å²) in [6, 6.07) is 6.60. The van der Waals surface area contributed by atoms with Gasteiger partial charge in [0.2, 0.25) is 0 Å². The van der Waals surface area contributed by atoms with Crippen LogP contribution < -0.4 is 10.6 Å². The van der Waals surface area contributed by atoms with E-state index in [0.29, 0.717) is 6.04 Å². The van der Waals surface area contributed by atoms with Crippen LogP contribution in [-0.2, 0) is 0 Å². The maximum absolute atomic E-state index is 4.31. The highest BCUT2D eigenvalue weighted by atomic mass is 15.1. The molecule has 1 aliphatic heterocycles. The van der Waals surface area contributed by atoms with Crippen molar-refractivity contribution in [1.29, 1.82) is 0 Å². The molecule has 1 fully saturated rings. The van der Waals surface area contributed by atoms with Gasteiger partial charge in [-0.1, -0.05) is 0 Å². The van der Waals surface area contributed by atoms with Crippen LogP contribution in [0.25, 0.3) is 11.0 Å². The van der Waals surface area contributed by atoms with Crippen LogP contribution in [0.3, 0.4) is 0 Å². The summed E-state index contributed by atoms with van der Waals surface area (Å²) in [6.45, 7) is 2.19. The van der Waals surface area contributed by atoms with Crippen molar-refractivity contribution in [3.63, 3.8) is 0 Å². The first kappa shape index (κ1) is 9.66. The molecule has 1 unspecified atom stereocenters. The van der Waals surface area contributed by atoms with Crippen LogP contribution in [0.5, 0.6) is 0 Å². The summed E-state index contributed by atoms with van der Waals surface area (Å²) >= 11 is 0. The third-order valence-corrected chi connectivity index (χ3v) is 3.05. The number of piperidine rings is 1. The number of pyridine rings is 1. The van der Waals surface area contributed by atoms with E-state index in [-0.39, 0.29) is 0 Å². The maximum Gasteiger partial charge on any atom is 0.106 e. The van der Waals surface area contributed by atoms with Crippen molar-refractivity contribution in [2.75, 3.05) is 18.4 Å². The molecule has 0 saturated carbocycles. The molecule has 3 N–H and O–H groups in total. The Kier molecular flexibility index (Phi) is 2.50. The van der Waals surface area contributed by atoms with Crippen LogP contribution in [0.1, 0.15) is 12.8 Å². The molecule has 16 heavy (non-hydrogen) atoms. The van der Waals surface area contributed by atoms with Gasteiger partial charge in [-0.15, -0.1) is 0 Å². The number of aromatic nitrogens is 2. The highest BCUT2D eigenvalue weighted by Crippen LogP contribution is 2.17. The number of H-pyrrole nitrogens is 1. The highest BCUT2D eigenvalue weighted by Gasteiger charge is 2.13. The van der Waals surface area contributed by atoms with Crippen molar-refractivity contribution in [2.45, 2.75) is 18.9 Å². The SMILES string of the molecule is c1cnc2cc(NC3CCCNC3)[nH]c2c1. The minimum absolute atomic E-state index is 0.529. The van der Waals surface area contributed by atoms with Crippen LogP contribution in [-0.4, -0.2) is 29.1 Å². The molecule has 1 saturated heterocycles. The van der Waals surface area contributed by atoms with Crippen LogP contribution in [0, 0.1) is 0 Å². The zero-order valence-electron chi connectivity index (χ0n) is 9.16. The van der Waals surface area contributed by atoms with Crippen molar-refractivity contribution in [1.82, 2.24) is 15.3 Å². The number of nitrogens with one attached hydrogen (secondary N) is 3. The molecule has 2 aromatic heterocycles. The normalized spacial score (nSPS) is 21.1. The molecular formula is C12H16N4. The molecule has 0 aliphatic carbocycles. The van der Waals surface area contributed by atoms with Gasteiger partial charge in [0.1, 0.15) is 5.82 Å². The van der Waals surface area contributed by atoms with Gasteiger partial charge in [0.25, 0.3) is 0 Å².